The van der Waals surface area contributed by atoms with Crippen LogP contribution in [0.2, 0.25) is 4.47 Å². The van der Waals surface area contributed by atoms with E-state index < -0.39 is 0 Å². The smallest absolute Gasteiger partial charge is 0.183 e. The van der Waals surface area contributed by atoms with Gasteiger partial charge in [-0.05, 0) is 18.2 Å². The van der Waals surface area contributed by atoms with Crippen LogP contribution in [0.1, 0.15) is 4.88 Å². The highest BCUT2D eigenvalue weighted by Gasteiger charge is 2.04. The Balaban J connectivity index is 2.07. The summed E-state index contributed by atoms with van der Waals surface area (Å²) in [5.74, 6) is 0.838. The fourth-order valence-electron chi connectivity index (χ4n) is 1.13. The van der Waals surface area contributed by atoms with E-state index in [-0.39, 0.29) is 0 Å². The van der Waals surface area contributed by atoms with Crippen LogP contribution in [0.4, 0.5) is 5.69 Å². The van der Waals surface area contributed by atoms with Gasteiger partial charge in [0.1, 0.15) is 0 Å². The van der Waals surface area contributed by atoms with Crippen LogP contribution in [0.15, 0.2) is 33.8 Å². The van der Waals surface area contributed by atoms with E-state index >= 15 is 0 Å². The largest absolute Gasteiger partial charge is 0.398 e. The fraction of sp³-hybridized carbons (Fsp3) is 0.100. The first-order valence-electron chi connectivity index (χ1n) is 4.43. The number of hydrogen-bond donors (Lipinski definition) is 1. The number of hydrogen-bond acceptors (Lipinski definition) is 4. The molecule has 6 heteroatoms. The van der Waals surface area contributed by atoms with Crippen LogP contribution in [0.25, 0.3) is 0 Å². The van der Waals surface area contributed by atoms with E-state index in [1.165, 1.54) is 11.3 Å². The third-order valence-electron chi connectivity index (χ3n) is 1.87. The summed E-state index contributed by atoms with van der Waals surface area (Å²) < 4.78 is 1.62. The van der Waals surface area contributed by atoms with Crippen molar-refractivity contribution in [1.29, 1.82) is 0 Å². The molecule has 2 nitrogen and oxygen atoms in total. The van der Waals surface area contributed by atoms with Gasteiger partial charge in [0.25, 0.3) is 0 Å². The van der Waals surface area contributed by atoms with E-state index in [0.29, 0.717) is 4.47 Å². The number of benzene rings is 1. The van der Waals surface area contributed by atoms with Crippen molar-refractivity contribution in [1.82, 2.24) is 4.98 Å². The van der Waals surface area contributed by atoms with Crippen LogP contribution < -0.4 is 5.73 Å². The second kappa shape index (κ2) is 5.40. The molecule has 0 aliphatic heterocycles. The summed E-state index contributed by atoms with van der Waals surface area (Å²) in [6.45, 7) is 0. The Kier molecular flexibility index (Phi) is 4.13. The maximum atomic E-state index is 5.88. The molecule has 1 aromatic carbocycles. The Bertz CT molecular complexity index is 501. The zero-order valence-corrected chi connectivity index (χ0v) is 12.1. The molecule has 0 atom stereocenters. The van der Waals surface area contributed by atoms with Crippen molar-refractivity contribution < 1.29 is 0 Å². The summed E-state index contributed by atoms with van der Waals surface area (Å²) in [6.07, 6.45) is 1.80. The van der Waals surface area contributed by atoms with Gasteiger partial charge in [-0.2, -0.15) is 0 Å². The number of rotatable bonds is 3. The summed E-state index contributed by atoms with van der Waals surface area (Å²) in [4.78, 5) is 6.21. The van der Waals surface area contributed by atoms with Crippen molar-refractivity contribution in [3.63, 3.8) is 0 Å². The van der Waals surface area contributed by atoms with Gasteiger partial charge in [0, 0.05) is 31.9 Å². The second-order valence-electron chi connectivity index (χ2n) is 3.05. The summed E-state index contributed by atoms with van der Waals surface area (Å²) in [5, 5.41) is 0. The summed E-state index contributed by atoms with van der Waals surface area (Å²) >= 11 is 12.4. The van der Waals surface area contributed by atoms with Gasteiger partial charge in [-0.25, -0.2) is 4.98 Å². The molecule has 0 aliphatic rings. The second-order valence-corrected chi connectivity index (χ2v) is 6.68. The van der Waals surface area contributed by atoms with Crippen LogP contribution in [0.3, 0.4) is 0 Å². The average Bonchev–Trinajstić information content (AvgIpc) is 2.66. The van der Waals surface area contributed by atoms with Crippen molar-refractivity contribution in [3.05, 3.63) is 38.2 Å². The molecule has 0 spiro atoms. The predicted molar refractivity (Wildman–Crippen MR) is 75.2 cm³/mol. The van der Waals surface area contributed by atoms with E-state index in [2.05, 4.69) is 20.9 Å². The minimum absolute atomic E-state index is 0.581. The fourth-order valence-corrected chi connectivity index (χ4v) is 3.65. The Hall–Kier alpha value is -0.230. The quantitative estimate of drug-likeness (QED) is 0.666. The molecule has 1 heterocycles. The van der Waals surface area contributed by atoms with Crippen LogP contribution in [-0.2, 0) is 5.75 Å². The van der Waals surface area contributed by atoms with E-state index in [0.717, 1.165) is 25.7 Å². The predicted octanol–water partition coefficient (Wildman–Crippen LogP) is 4.43. The highest BCUT2D eigenvalue weighted by molar-refractivity contribution is 9.10. The van der Waals surface area contributed by atoms with Crippen LogP contribution in [-0.4, -0.2) is 4.98 Å². The Morgan fingerprint density at radius 2 is 2.31 bits per heavy atom. The van der Waals surface area contributed by atoms with Gasteiger partial charge < -0.3 is 5.73 Å². The van der Waals surface area contributed by atoms with Gasteiger partial charge >= 0.3 is 0 Å². The highest BCUT2D eigenvalue weighted by atomic mass is 79.9. The minimum atomic E-state index is 0.581. The van der Waals surface area contributed by atoms with Gasteiger partial charge in [-0.15, -0.1) is 23.1 Å². The summed E-state index contributed by atoms with van der Waals surface area (Å²) in [5.41, 5.74) is 6.67. The molecule has 0 aliphatic carbocycles. The molecule has 0 saturated heterocycles. The minimum Gasteiger partial charge on any atom is -0.398 e. The van der Waals surface area contributed by atoms with E-state index in [1.807, 2.05) is 18.2 Å². The molecule has 0 radical (unpaired) electrons. The van der Waals surface area contributed by atoms with Gasteiger partial charge in [0.2, 0.25) is 0 Å². The number of anilines is 1. The van der Waals surface area contributed by atoms with E-state index in [9.17, 15) is 0 Å². The Morgan fingerprint density at radius 1 is 1.50 bits per heavy atom. The molecule has 0 unspecified atom stereocenters. The van der Waals surface area contributed by atoms with E-state index in [1.54, 1.807) is 18.0 Å². The van der Waals surface area contributed by atoms with E-state index in [4.69, 9.17) is 17.3 Å². The number of thiazole rings is 1. The van der Waals surface area contributed by atoms with Crippen molar-refractivity contribution in [2.45, 2.75) is 10.6 Å². The number of aromatic nitrogens is 1. The molecule has 2 aromatic rings. The first kappa shape index (κ1) is 12.2. The third kappa shape index (κ3) is 3.13. The first-order valence-corrected chi connectivity index (χ1v) is 7.40. The number of nitrogens with two attached hydrogens (primary N) is 1. The van der Waals surface area contributed by atoms with Gasteiger partial charge in [0.15, 0.2) is 4.47 Å². The van der Waals surface area contributed by atoms with Crippen LogP contribution in [0, 0.1) is 0 Å². The molecular weight excluding hydrogens is 328 g/mol. The summed E-state index contributed by atoms with van der Waals surface area (Å²) in [6, 6.07) is 5.84. The SMILES string of the molecule is Nc1ccc(Br)cc1SCc1cnc(Cl)s1. The Labute approximate surface area is 115 Å². The molecule has 2 N–H and O–H groups in total. The average molecular weight is 336 g/mol. The number of halogens is 2. The maximum Gasteiger partial charge on any atom is 0.183 e. The third-order valence-corrected chi connectivity index (χ3v) is 4.78. The van der Waals surface area contributed by atoms with Crippen LogP contribution in [0.5, 0.6) is 0 Å². The molecule has 0 bridgehead atoms. The number of nitrogen functional groups attached to an aromatic ring is 1. The van der Waals surface area contributed by atoms with Crippen LogP contribution >= 0.6 is 50.6 Å². The zero-order valence-electron chi connectivity index (χ0n) is 8.11. The zero-order chi connectivity index (χ0) is 11.5. The highest BCUT2D eigenvalue weighted by Crippen LogP contribution is 2.32. The number of nitrogens with zero attached hydrogens (tertiary/aromatic N) is 1. The standard InChI is InChI=1S/C10H8BrClN2S2/c11-6-1-2-8(13)9(3-6)15-5-7-4-14-10(12)16-7/h1-4H,5,13H2. The molecule has 0 saturated carbocycles. The lowest BCUT2D eigenvalue weighted by Crippen LogP contribution is -1.88. The summed E-state index contributed by atoms with van der Waals surface area (Å²) in [7, 11) is 0. The molecule has 2 rings (SSSR count). The molecule has 0 fully saturated rings. The van der Waals surface area contributed by atoms with Gasteiger partial charge in [0.05, 0.1) is 0 Å². The number of thioether (sulfide) groups is 1. The van der Waals surface area contributed by atoms with Crippen molar-refractivity contribution in [2.24, 2.45) is 0 Å². The lowest BCUT2D eigenvalue weighted by atomic mass is 10.3. The monoisotopic (exact) mass is 334 g/mol. The van der Waals surface area contributed by atoms with Gasteiger partial charge in [-0.1, -0.05) is 27.5 Å². The molecule has 84 valence electrons. The Morgan fingerprint density at radius 3 is 3.00 bits per heavy atom. The maximum absolute atomic E-state index is 5.88. The molecule has 0 amide bonds. The lowest BCUT2D eigenvalue weighted by molar-refractivity contribution is 1.36. The normalized spacial score (nSPS) is 10.6. The molecular formula is C10H8BrClN2S2. The molecule has 1 aromatic heterocycles. The topological polar surface area (TPSA) is 38.9 Å². The first-order chi connectivity index (χ1) is 7.65. The van der Waals surface area contributed by atoms with Crippen molar-refractivity contribution >= 4 is 56.3 Å². The molecule has 16 heavy (non-hydrogen) atoms. The van der Waals surface area contributed by atoms with Crippen molar-refractivity contribution in [2.75, 3.05) is 5.73 Å². The van der Waals surface area contributed by atoms with Crippen molar-refractivity contribution in [3.8, 4) is 0 Å². The van der Waals surface area contributed by atoms with Gasteiger partial charge in [-0.3, -0.25) is 0 Å². The lowest BCUT2D eigenvalue weighted by Gasteiger charge is -2.04.